The van der Waals surface area contributed by atoms with Gasteiger partial charge < -0.3 is 10.3 Å². The summed E-state index contributed by atoms with van der Waals surface area (Å²) < 4.78 is 5.43. The predicted molar refractivity (Wildman–Crippen MR) is 73.9 cm³/mol. The molecule has 2 N–H and O–H groups in total. The van der Waals surface area contributed by atoms with E-state index in [1.54, 1.807) is 0 Å². The Hall–Kier alpha value is -1.39. The summed E-state index contributed by atoms with van der Waals surface area (Å²) in [6.07, 6.45) is 3.08. The molecular formula is C14H16ClN3O. The van der Waals surface area contributed by atoms with Gasteiger partial charge in [-0.05, 0) is 31.9 Å². The molecule has 0 amide bonds. The normalized spacial score (nSPS) is 26.8. The highest BCUT2D eigenvalue weighted by atomic mass is 35.5. The van der Waals surface area contributed by atoms with Gasteiger partial charge in [0.1, 0.15) is 0 Å². The van der Waals surface area contributed by atoms with Crippen LogP contribution in [0.1, 0.15) is 32.1 Å². The van der Waals surface area contributed by atoms with Crippen molar-refractivity contribution in [2.24, 2.45) is 5.73 Å². The van der Waals surface area contributed by atoms with Crippen LogP contribution in [0.5, 0.6) is 0 Å². The zero-order valence-electron chi connectivity index (χ0n) is 10.8. The van der Waals surface area contributed by atoms with E-state index in [9.17, 15) is 0 Å². The van der Waals surface area contributed by atoms with Crippen LogP contribution in [0.2, 0.25) is 5.02 Å². The smallest absolute Gasteiger partial charge is 0.234 e. The molecule has 1 aromatic carbocycles. The highest BCUT2D eigenvalue weighted by molar-refractivity contribution is 6.33. The molecule has 0 radical (unpaired) electrons. The molecule has 2 atom stereocenters. The van der Waals surface area contributed by atoms with Crippen molar-refractivity contribution in [3.8, 4) is 11.4 Å². The first-order valence-corrected chi connectivity index (χ1v) is 6.84. The number of aromatic nitrogens is 2. The Morgan fingerprint density at radius 1 is 1.42 bits per heavy atom. The molecule has 3 rings (SSSR count). The van der Waals surface area contributed by atoms with Gasteiger partial charge in [-0.3, -0.25) is 0 Å². The highest BCUT2D eigenvalue weighted by Crippen LogP contribution is 2.39. The van der Waals surface area contributed by atoms with Crippen molar-refractivity contribution >= 4 is 11.6 Å². The van der Waals surface area contributed by atoms with Crippen LogP contribution in [0.25, 0.3) is 11.4 Å². The summed E-state index contributed by atoms with van der Waals surface area (Å²) in [7, 11) is 0. The summed E-state index contributed by atoms with van der Waals surface area (Å²) >= 11 is 6.14. The van der Waals surface area contributed by atoms with E-state index in [-0.39, 0.29) is 11.5 Å². The zero-order valence-corrected chi connectivity index (χ0v) is 11.5. The number of hydrogen-bond donors (Lipinski definition) is 1. The van der Waals surface area contributed by atoms with Crippen molar-refractivity contribution in [2.75, 3.05) is 0 Å². The molecule has 0 bridgehead atoms. The molecular weight excluding hydrogens is 262 g/mol. The van der Waals surface area contributed by atoms with Gasteiger partial charge in [0.25, 0.3) is 0 Å². The van der Waals surface area contributed by atoms with Crippen LogP contribution in [0.4, 0.5) is 0 Å². The molecule has 4 nitrogen and oxygen atoms in total. The molecule has 2 unspecified atom stereocenters. The fourth-order valence-corrected chi connectivity index (χ4v) is 2.89. The molecule has 0 aliphatic heterocycles. The van der Waals surface area contributed by atoms with Gasteiger partial charge in [-0.15, -0.1) is 0 Å². The Morgan fingerprint density at radius 3 is 2.89 bits per heavy atom. The van der Waals surface area contributed by atoms with Crippen LogP contribution in [-0.4, -0.2) is 16.2 Å². The third kappa shape index (κ3) is 2.05. The zero-order chi connectivity index (χ0) is 13.5. The van der Waals surface area contributed by atoms with E-state index in [1.807, 2.05) is 24.3 Å². The lowest BCUT2D eigenvalue weighted by molar-refractivity contribution is 0.278. The molecule has 1 fully saturated rings. The van der Waals surface area contributed by atoms with E-state index in [4.69, 9.17) is 21.9 Å². The van der Waals surface area contributed by atoms with E-state index in [0.29, 0.717) is 16.7 Å². The Balaban J connectivity index is 1.98. The maximum Gasteiger partial charge on any atom is 0.234 e. The SMILES string of the molecule is CC1(c2nc(-c3ccccc3Cl)no2)CCCC1N. The second kappa shape index (κ2) is 4.62. The van der Waals surface area contributed by atoms with E-state index in [0.717, 1.165) is 24.8 Å². The van der Waals surface area contributed by atoms with Gasteiger partial charge in [0, 0.05) is 11.6 Å². The van der Waals surface area contributed by atoms with Crippen molar-refractivity contribution in [3.05, 3.63) is 35.2 Å². The second-order valence-electron chi connectivity index (χ2n) is 5.32. The number of nitrogens with two attached hydrogens (primary N) is 1. The summed E-state index contributed by atoms with van der Waals surface area (Å²) in [6, 6.07) is 7.55. The van der Waals surface area contributed by atoms with Gasteiger partial charge in [0.15, 0.2) is 0 Å². The van der Waals surface area contributed by atoms with Gasteiger partial charge in [-0.25, -0.2) is 0 Å². The number of rotatable bonds is 2. The van der Waals surface area contributed by atoms with Gasteiger partial charge in [0.05, 0.1) is 10.4 Å². The molecule has 0 spiro atoms. The molecule has 5 heteroatoms. The van der Waals surface area contributed by atoms with Crippen molar-refractivity contribution < 1.29 is 4.52 Å². The minimum atomic E-state index is -0.216. The summed E-state index contributed by atoms with van der Waals surface area (Å²) in [5, 5.41) is 4.67. The Morgan fingerprint density at radius 2 is 2.21 bits per heavy atom. The van der Waals surface area contributed by atoms with Gasteiger partial charge in [0.2, 0.25) is 11.7 Å². The average molecular weight is 278 g/mol. The van der Waals surface area contributed by atoms with Crippen LogP contribution < -0.4 is 5.73 Å². The Bertz CT molecular complexity index is 598. The second-order valence-corrected chi connectivity index (χ2v) is 5.73. The standard InChI is InChI=1S/C14H16ClN3O/c1-14(8-4-7-11(14)16)13-17-12(18-19-13)9-5-2-3-6-10(9)15/h2-3,5-6,11H,4,7-8,16H2,1H3. The molecule has 0 saturated heterocycles. The van der Waals surface area contributed by atoms with E-state index in [2.05, 4.69) is 17.1 Å². The molecule has 1 heterocycles. The number of nitrogens with zero attached hydrogens (tertiary/aromatic N) is 2. The Kier molecular flexibility index (Phi) is 3.07. The van der Waals surface area contributed by atoms with Crippen LogP contribution in [0.15, 0.2) is 28.8 Å². The lowest BCUT2D eigenvalue weighted by atomic mass is 9.85. The maximum absolute atomic E-state index is 6.17. The first-order valence-electron chi connectivity index (χ1n) is 6.46. The van der Waals surface area contributed by atoms with Crippen LogP contribution in [-0.2, 0) is 5.41 Å². The first-order chi connectivity index (χ1) is 9.11. The number of hydrogen-bond acceptors (Lipinski definition) is 4. The van der Waals surface area contributed by atoms with Crippen LogP contribution in [0, 0.1) is 0 Å². The fraction of sp³-hybridized carbons (Fsp3) is 0.429. The third-order valence-corrected chi connectivity index (χ3v) is 4.39. The van der Waals surface area contributed by atoms with E-state index >= 15 is 0 Å². The molecule has 100 valence electrons. The summed E-state index contributed by atoms with van der Waals surface area (Å²) in [4.78, 5) is 4.50. The lowest BCUT2D eigenvalue weighted by Gasteiger charge is -2.23. The number of benzene rings is 1. The summed E-state index contributed by atoms with van der Waals surface area (Å²) in [6.45, 7) is 2.09. The quantitative estimate of drug-likeness (QED) is 0.916. The predicted octanol–water partition coefficient (Wildman–Crippen LogP) is 3.16. The molecule has 1 aliphatic rings. The van der Waals surface area contributed by atoms with Crippen molar-refractivity contribution in [3.63, 3.8) is 0 Å². The molecule has 1 aliphatic carbocycles. The highest BCUT2D eigenvalue weighted by Gasteiger charge is 2.42. The van der Waals surface area contributed by atoms with Crippen molar-refractivity contribution in [1.82, 2.24) is 10.1 Å². The van der Waals surface area contributed by atoms with Crippen molar-refractivity contribution in [1.29, 1.82) is 0 Å². The van der Waals surface area contributed by atoms with Gasteiger partial charge >= 0.3 is 0 Å². The largest absolute Gasteiger partial charge is 0.338 e. The Labute approximate surface area is 117 Å². The number of halogens is 1. The summed E-state index contributed by atoms with van der Waals surface area (Å²) in [5.74, 6) is 1.15. The minimum absolute atomic E-state index is 0.0760. The first kappa shape index (κ1) is 12.6. The fourth-order valence-electron chi connectivity index (χ4n) is 2.67. The maximum atomic E-state index is 6.17. The summed E-state index contributed by atoms with van der Waals surface area (Å²) in [5.41, 5.74) is 6.74. The molecule has 19 heavy (non-hydrogen) atoms. The average Bonchev–Trinajstić information content (AvgIpc) is 2.99. The van der Waals surface area contributed by atoms with Gasteiger partial charge in [-0.1, -0.05) is 35.3 Å². The van der Waals surface area contributed by atoms with Crippen LogP contribution in [0.3, 0.4) is 0 Å². The third-order valence-electron chi connectivity index (χ3n) is 4.06. The minimum Gasteiger partial charge on any atom is -0.338 e. The molecule has 2 aromatic rings. The van der Waals surface area contributed by atoms with Crippen molar-refractivity contribution in [2.45, 2.75) is 37.6 Å². The molecule has 1 aromatic heterocycles. The topological polar surface area (TPSA) is 64.9 Å². The van der Waals surface area contributed by atoms with E-state index < -0.39 is 0 Å². The van der Waals surface area contributed by atoms with Gasteiger partial charge in [-0.2, -0.15) is 4.98 Å². The monoisotopic (exact) mass is 277 g/mol. The molecule has 1 saturated carbocycles. The van der Waals surface area contributed by atoms with E-state index in [1.165, 1.54) is 0 Å². The lowest BCUT2D eigenvalue weighted by Crippen LogP contribution is -2.38. The van der Waals surface area contributed by atoms with Crippen LogP contribution >= 0.6 is 11.6 Å².